The van der Waals surface area contributed by atoms with Crippen molar-refractivity contribution in [2.24, 2.45) is 0 Å². The Morgan fingerprint density at radius 2 is 1.86 bits per heavy atom. The fourth-order valence-corrected chi connectivity index (χ4v) is 2.56. The first-order valence-electron chi connectivity index (χ1n) is 7.02. The van der Waals surface area contributed by atoms with E-state index >= 15 is 0 Å². The number of hydrogen-bond donors (Lipinski definition) is 0. The largest absolute Gasteiger partial charge is 0.274 e. The lowest BCUT2D eigenvalue weighted by molar-refractivity contribution is 0.578. The molecule has 0 bridgehead atoms. The van der Waals surface area contributed by atoms with Crippen molar-refractivity contribution in [1.82, 2.24) is 9.78 Å². The van der Waals surface area contributed by atoms with E-state index in [0.717, 1.165) is 5.39 Å². The molecule has 0 radical (unpaired) electrons. The van der Waals surface area contributed by atoms with E-state index < -0.39 is 0 Å². The number of fused-ring (bicyclic) bond motifs is 1. The topological polar surface area (TPSA) is 34.9 Å². The molecule has 0 saturated carbocycles. The first kappa shape index (κ1) is 14.7. The van der Waals surface area contributed by atoms with Gasteiger partial charge < -0.3 is 0 Å². The SMILES string of the molecule is O=c1c2ccccc2c(-c2cccc(F)c2)nn1CCCCl. The van der Waals surface area contributed by atoms with Gasteiger partial charge in [0.2, 0.25) is 0 Å². The molecule has 0 unspecified atom stereocenters. The Labute approximate surface area is 132 Å². The first-order chi connectivity index (χ1) is 10.7. The Balaban J connectivity index is 2.28. The van der Waals surface area contributed by atoms with Gasteiger partial charge in [-0.05, 0) is 24.6 Å². The molecule has 0 saturated heterocycles. The molecule has 0 amide bonds. The van der Waals surface area contributed by atoms with Crippen LogP contribution in [0.15, 0.2) is 53.3 Å². The molecule has 3 aromatic rings. The summed E-state index contributed by atoms with van der Waals surface area (Å²) in [5, 5.41) is 5.73. The molecular weight excluding hydrogens is 303 g/mol. The van der Waals surface area contributed by atoms with Crippen LogP contribution in [0.25, 0.3) is 22.0 Å². The van der Waals surface area contributed by atoms with E-state index in [0.29, 0.717) is 35.5 Å². The van der Waals surface area contributed by atoms with Gasteiger partial charge in [-0.25, -0.2) is 9.07 Å². The monoisotopic (exact) mass is 316 g/mol. The van der Waals surface area contributed by atoms with Crippen LogP contribution < -0.4 is 5.56 Å². The zero-order chi connectivity index (χ0) is 15.5. The average Bonchev–Trinajstić information content (AvgIpc) is 2.54. The van der Waals surface area contributed by atoms with Gasteiger partial charge in [-0.3, -0.25) is 4.79 Å². The zero-order valence-corrected chi connectivity index (χ0v) is 12.6. The molecule has 1 aromatic heterocycles. The molecule has 0 N–H and O–H groups in total. The van der Waals surface area contributed by atoms with Crippen molar-refractivity contribution in [2.75, 3.05) is 5.88 Å². The second-order valence-electron chi connectivity index (χ2n) is 4.98. The number of halogens is 2. The predicted molar refractivity (Wildman–Crippen MR) is 86.7 cm³/mol. The van der Waals surface area contributed by atoms with Crippen molar-refractivity contribution < 1.29 is 4.39 Å². The Morgan fingerprint density at radius 1 is 1.09 bits per heavy atom. The normalized spacial score (nSPS) is 11.0. The first-order valence-corrected chi connectivity index (χ1v) is 7.56. The van der Waals surface area contributed by atoms with Gasteiger partial charge >= 0.3 is 0 Å². The third-order valence-corrected chi connectivity index (χ3v) is 3.74. The molecule has 3 nitrogen and oxygen atoms in total. The molecule has 0 fully saturated rings. The number of hydrogen-bond acceptors (Lipinski definition) is 2. The summed E-state index contributed by atoms with van der Waals surface area (Å²) in [7, 11) is 0. The van der Waals surface area contributed by atoms with Crippen molar-refractivity contribution >= 4 is 22.4 Å². The number of aromatic nitrogens is 2. The third kappa shape index (κ3) is 2.74. The van der Waals surface area contributed by atoms with Crippen molar-refractivity contribution in [3.8, 4) is 11.3 Å². The fraction of sp³-hybridized carbons (Fsp3) is 0.176. The Bertz CT molecular complexity index is 876. The van der Waals surface area contributed by atoms with Gasteiger partial charge in [0.05, 0.1) is 11.1 Å². The smallest absolute Gasteiger partial charge is 0.267 e. The minimum atomic E-state index is -0.332. The molecule has 0 aliphatic rings. The van der Waals surface area contributed by atoms with E-state index in [1.54, 1.807) is 18.2 Å². The Hall–Kier alpha value is -2.20. The molecule has 0 spiro atoms. The van der Waals surface area contributed by atoms with Crippen molar-refractivity contribution in [2.45, 2.75) is 13.0 Å². The zero-order valence-electron chi connectivity index (χ0n) is 11.8. The maximum Gasteiger partial charge on any atom is 0.274 e. The summed E-state index contributed by atoms with van der Waals surface area (Å²) in [5.74, 6) is 0.123. The van der Waals surface area contributed by atoms with E-state index in [1.807, 2.05) is 18.2 Å². The minimum Gasteiger partial charge on any atom is -0.267 e. The van der Waals surface area contributed by atoms with E-state index in [2.05, 4.69) is 5.10 Å². The second-order valence-corrected chi connectivity index (χ2v) is 5.35. The lowest BCUT2D eigenvalue weighted by atomic mass is 10.0. The summed E-state index contributed by atoms with van der Waals surface area (Å²) < 4.78 is 14.9. The number of nitrogens with zero attached hydrogens (tertiary/aromatic N) is 2. The van der Waals surface area contributed by atoms with Crippen LogP contribution in [0.4, 0.5) is 4.39 Å². The summed E-state index contributed by atoms with van der Waals surface area (Å²) in [6, 6.07) is 13.5. The highest BCUT2D eigenvalue weighted by molar-refractivity contribution is 6.17. The van der Waals surface area contributed by atoms with Gasteiger partial charge in [-0.1, -0.05) is 30.3 Å². The maximum absolute atomic E-state index is 13.5. The fourth-order valence-electron chi connectivity index (χ4n) is 2.45. The van der Waals surface area contributed by atoms with E-state index in [4.69, 9.17) is 11.6 Å². The molecular formula is C17H14ClFN2O. The summed E-state index contributed by atoms with van der Waals surface area (Å²) >= 11 is 5.71. The average molecular weight is 317 g/mol. The van der Waals surface area contributed by atoms with Crippen LogP contribution >= 0.6 is 11.6 Å². The molecule has 2 aromatic carbocycles. The van der Waals surface area contributed by atoms with Gasteiger partial charge in [0, 0.05) is 23.4 Å². The summed E-state index contributed by atoms with van der Waals surface area (Å²) in [5.41, 5.74) is 1.10. The molecule has 0 aliphatic carbocycles. The van der Waals surface area contributed by atoms with Gasteiger partial charge in [-0.15, -0.1) is 11.6 Å². The molecule has 5 heteroatoms. The molecule has 0 aliphatic heterocycles. The quantitative estimate of drug-likeness (QED) is 0.686. The summed E-state index contributed by atoms with van der Waals surface area (Å²) in [4.78, 5) is 12.5. The minimum absolute atomic E-state index is 0.152. The van der Waals surface area contributed by atoms with Gasteiger partial charge in [-0.2, -0.15) is 5.10 Å². The lowest BCUT2D eigenvalue weighted by Crippen LogP contribution is -2.24. The highest BCUT2D eigenvalue weighted by atomic mass is 35.5. The molecule has 3 rings (SSSR count). The maximum atomic E-state index is 13.5. The predicted octanol–water partition coefficient (Wildman–Crippen LogP) is 3.83. The van der Waals surface area contributed by atoms with Crippen LogP contribution in [-0.2, 0) is 6.54 Å². The highest BCUT2D eigenvalue weighted by Crippen LogP contribution is 2.25. The number of benzene rings is 2. The van der Waals surface area contributed by atoms with Gasteiger partial charge in [0.15, 0.2) is 0 Å². The van der Waals surface area contributed by atoms with E-state index in [1.165, 1.54) is 16.8 Å². The summed E-state index contributed by atoms with van der Waals surface area (Å²) in [6.45, 7) is 0.440. The number of rotatable bonds is 4. The van der Waals surface area contributed by atoms with Crippen LogP contribution in [0.5, 0.6) is 0 Å². The van der Waals surface area contributed by atoms with Gasteiger partial charge in [0.1, 0.15) is 5.82 Å². The second kappa shape index (κ2) is 6.28. The van der Waals surface area contributed by atoms with Crippen LogP contribution in [0.2, 0.25) is 0 Å². The molecule has 1 heterocycles. The Kier molecular flexibility index (Phi) is 4.20. The highest BCUT2D eigenvalue weighted by Gasteiger charge is 2.12. The molecule has 112 valence electrons. The van der Waals surface area contributed by atoms with Crippen LogP contribution in [0, 0.1) is 5.82 Å². The molecule has 22 heavy (non-hydrogen) atoms. The standard InChI is InChI=1S/C17H14ClFN2O/c18-9-4-10-21-17(22)15-8-2-1-7-14(15)16(20-21)12-5-3-6-13(19)11-12/h1-3,5-8,11H,4,9-10H2. The van der Waals surface area contributed by atoms with Crippen LogP contribution in [-0.4, -0.2) is 15.7 Å². The number of alkyl halides is 1. The van der Waals surface area contributed by atoms with Crippen LogP contribution in [0.1, 0.15) is 6.42 Å². The van der Waals surface area contributed by atoms with E-state index in [9.17, 15) is 9.18 Å². The van der Waals surface area contributed by atoms with Gasteiger partial charge in [0.25, 0.3) is 5.56 Å². The van der Waals surface area contributed by atoms with E-state index in [-0.39, 0.29) is 11.4 Å². The molecule has 0 atom stereocenters. The third-order valence-electron chi connectivity index (χ3n) is 3.47. The Morgan fingerprint density at radius 3 is 2.59 bits per heavy atom. The summed E-state index contributed by atoms with van der Waals surface area (Å²) in [6.07, 6.45) is 0.648. The van der Waals surface area contributed by atoms with Crippen molar-refractivity contribution in [3.05, 3.63) is 64.7 Å². The van der Waals surface area contributed by atoms with Crippen LogP contribution in [0.3, 0.4) is 0 Å². The van der Waals surface area contributed by atoms with Crippen molar-refractivity contribution in [3.63, 3.8) is 0 Å². The lowest BCUT2D eigenvalue weighted by Gasteiger charge is -2.11. The number of aryl methyl sites for hydroxylation is 1. The van der Waals surface area contributed by atoms with Crippen molar-refractivity contribution in [1.29, 1.82) is 0 Å².